The van der Waals surface area contributed by atoms with Gasteiger partial charge in [0.1, 0.15) is 12.4 Å². The Morgan fingerprint density at radius 3 is 2.89 bits per heavy atom. The predicted molar refractivity (Wildman–Crippen MR) is 77.9 cm³/mol. The average Bonchev–Trinajstić information content (AvgIpc) is 2.70. The molecule has 1 unspecified atom stereocenters. The van der Waals surface area contributed by atoms with Gasteiger partial charge in [-0.3, -0.25) is 0 Å². The van der Waals surface area contributed by atoms with Gasteiger partial charge in [0, 0.05) is 10.6 Å². The zero-order valence-electron chi connectivity index (χ0n) is 11.6. The minimum absolute atomic E-state index is 0.0253. The van der Waals surface area contributed by atoms with Gasteiger partial charge in [-0.05, 0) is 51.8 Å². The molecule has 0 saturated carbocycles. The van der Waals surface area contributed by atoms with Crippen LogP contribution in [0.4, 0.5) is 0 Å². The third-order valence-electron chi connectivity index (χ3n) is 3.45. The third kappa shape index (κ3) is 3.85. The molecule has 3 nitrogen and oxygen atoms in total. The van der Waals surface area contributed by atoms with Gasteiger partial charge in [-0.1, -0.05) is 17.7 Å². The smallest absolute Gasteiger partial charge is 0.124 e. The Morgan fingerprint density at radius 1 is 1.47 bits per heavy atom. The number of ether oxygens (including phenoxy) is 2. The van der Waals surface area contributed by atoms with Crippen LogP contribution in [-0.2, 0) is 11.2 Å². The van der Waals surface area contributed by atoms with Crippen molar-refractivity contribution in [3.63, 3.8) is 0 Å². The van der Waals surface area contributed by atoms with Gasteiger partial charge in [0.25, 0.3) is 0 Å². The number of nitrogens with two attached hydrogens (primary N) is 1. The van der Waals surface area contributed by atoms with E-state index >= 15 is 0 Å². The summed E-state index contributed by atoms with van der Waals surface area (Å²) in [5.41, 5.74) is 6.58. The summed E-state index contributed by atoms with van der Waals surface area (Å²) < 4.78 is 11.8. The van der Waals surface area contributed by atoms with Crippen molar-refractivity contribution in [2.24, 2.45) is 5.73 Å². The van der Waals surface area contributed by atoms with Crippen molar-refractivity contribution in [3.8, 4) is 5.75 Å². The monoisotopic (exact) mass is 283 g/mol. The third-order valence-corrected chi connectivity index (χ3v) is 3.80. The van der Waals surface area contributed by atoms with Crippen LogP contribution in [0.25, 0.3) is 0 Å². The Hall–Kier alpha value is -0.770. The fourth-order valence-corrected chi connectivity index (χ4v) is 2.70. The molecular formula is C15H22ClNO2. The molecular weight excluding hydrogens is 262 g/mol. The van der Waals surface area contributed by atoms with Crippen LogP contribution in [0.5, 0.6) is 5.75 Å². The van der Waals surface area contributed by atoms with E-state index in [1.165, 1.54) is 0 Å². The standard InChI is InChI=1S/C15H22ClNO2/c1-15(2)8-6-11(19-15)10-18-14-5-3-4-13(16)12(14)7-9-17/h3-5,11H,6-10,17H2,1-2H3. The molecule has 19 heavy (non-hydrogen) atoms. The van der Waals surface area contributed by atoms with Gasteiger partial charge in [0.05, 0.1) is 11.7 Å². The lowest BCUT2D eigenvalue weighted by Crippen LogP contribution is -2.24. The van der Waals surface area contributed by atoms with E-state index < -0.39 is 0 Å². The van der Waals surface area contributed by atoms with Gasteiger partial charge >= 0.3 is 0 Å². The summed E-state index contributed by atoms with van der Waals surface area (Å²) in [6.07, 6.45) is 3.01. The topological polar surface area (TPSA) is 44.5 Å². The van der Waals surface area contributed by atoms with Crippen LogP contribution in [0.3, 0.4) is 0 Å². The van der Waals surface area contributed by atoms with Crippen LogP contribution < -0.4 is 10.5 Å². The Balaban J connectivity index is 1.98. The van der Waals surface area contributed by atoms with Crippen molar-refractivity contribution >= 4 is 11.6 Å². The molecule has 0 spiro atoms. The summed E-state index contributed by atoms with van der Waals surface area (Å²) in [6, 6.07) is 5.71. The maximum Gasteiger partial charge on any atom is 0.124 e. The molecule has 2 rings (SSSR count). The van der Waals surface area contributed by atoms with Crippen LogP contribution >= 0.6 is 11.6 Å². The largest absolute Gasteiger partial charge is 0.491 e. The minimum Gasteiger partial charge on any atom is -0.491 e. The zero-order valence-corrected chi connectivity index (χ0v) is 12.4. The van der Waals surface area contributed by atoms with Gasteiger partial charge in [-0.2, -0.15) is 0 Å². The van der Waals surface area contributed by atoms with Gasteiger partial charge < -0.3 is 15.2 Å². The molecule has 0 radical (unpaired) electrons. The second-order valence-electron chi connectivity index (χ2n) is 5.60. The molecule has 1 aromatic rings. The highest BCUT2D eigenvalue weighted by molar-refractivity contribution is 6.31. The average molecular weight is 284 g/mol. The summed E-state index contributed by atoms with van der Waals surface area (Å²) in [6.45, 7) is 5.37. The lowest BCUT2D eigenvalue weighted by atomic mass is 10.1. The molecule has 1 saturated heterocycles. The van der Waals surface area contributed by atoms with E-state index in [9.17, 15) is 0 Å². The van der Waals surface area contributed by atoms with Crippen molar-refractivity contribution < 1.29 is 9.47 Å². The Kier molecular flexibility index (Phi) is 4.71. The fraction of sp³-hybridized carbons (Fsp3) is 0.600. The molecule has 1 heterocycles. The van der Waals surface area contributed by atoms with E-state index in [-0.39, 0.29) is 11.7 Å². The molecule has 0 bridgehead atoms. The summed E-state index contributed by atoms with van der Waals surface area (Å²) in [7, 11) is 0. The molecule has 1 atom stereocenters. The molecule has 1 aromatic carbocycles. The number of hydrogen-bond acceptors (Lipinski definition) is 3. The number of hydrogen-bond donors (Lipinski definition) is 1. The summed E-state index contributed by atoms with van der Waals surface area (Å²) in [5.74, 6) is 0.825. The van der Waals surface area contributed by atoms with Crippen molar-refractivity contribution in [2.45, 2.75) is 44.8 Å². The highest BCUT2D eigenvalue weighted by Gasteiger charge is 2.32. The van der Waals surface area contributed by atoms with E-state index in [0.29, 0.717) is 13.2 Å². The SMILES string of the molecule is CC1(C)CCC(COc2cccc(Cl)c2CCN)O1. The lowest BCUT2D eigenvalue weighted by molar-refractivity contribution is -0.0327. The Morgan fingerprint density at radius 2 is 2.26 bits per heavy atom. The second kappa shape index (κ2) is 6.12. The van der Waals surface area contributed by atoms with E-state index in [2.05, 4.69) is 13.8 Å². The molecule has 1 fully saturated rings. The van der Waals surface area contributed by atoms with Crippen molar-refractivity contribution in [1.29, 1.82) is 0 Å². The maximum absolute atomic E-state index is 6.18. The van der Waals surface area contributed by atoms with Crippen molar-refractivity contribution in [1.82, 2.24) is 0 Å². The van der Waals surface area contributed by atoms with Crippen LogP contribution in [-0.4, -0.2) is 24.9 Å². The van der Waals surface area contributed by atoms with Gasteiger partial charge in [0.2, 0.25) is 0 Å². The van der Waals surface area contributed by atoms with Gasteiger partial charge in [0.15, 0.2) is 0 Å². The predicted octanol–water partition coefficient (Wildman–Crippen LogP) is 3.18. The number of halogens is 1. The highest BCUT2D eigenvalue weighted by Crippen LogP contribution is 2.31. The van der Waals surface area contributed by atoms with E-state index in [1.54, 1.807) is 0 Å². The first kappa shape index (κ1) is 14.6. The lowest BCUT2D eigenvalue weighted by Gasteiger charge is -2.20. The molecule has 1 aliphatic heterocycles. The van der Waals surface area contributed by atoms with Crippen LogP contribution in [0, 0.1) is 0 Å². The number of benzene rings is 1. The van der Waals surface area contributed by atoms with Gasteiger partial charge in [-0.25, -0.2) is 0 Å². The first-order valence-corrected chi connectivity index (χ1v) is 7.18. The Bertz CT molecular complexity index is 434. The first-order valence-electron chi connectivity index (χ1n) is 6.80. The summed E-state index contributed by atoms with van der Waals surface area (Å²) in [4.78, 5) is 0. The molecule has 0 aliphatic carbocycles. The van der Waals surface area contributed by atoms with Gasteiger partial charge in [-0.15, -0.1) is 0 Å². The fourth-order valence-electron chi connectivity index (χ4n) is 2.44. The molecule has 1 aliphatic rings. The van der Waals surface area contributed by atoms with Crippen LogP contribution in [0.2, 0.25) is 5.02 Å². The minimum atomic E-state index is -0.0253. The van der Waals surface area contributed by atoms with Crippen LogP contribution in [0.15, 0.2) is 18.2 Å². The van der Waals surface area contributed by atoms with E-state index in [0.717, 1.165) is 35.6 Å². The van der Waals surface area contributed by atoms with Crippen molar-refractivity contribution in [2.75, 3.05) is 13.2 Å². The summed E-state index contributed by atoms with van der Waals surface area (Å²) >= 11 is 6.18. The second-order valence-corrected chi connectivity index (χ2v) is 6.01. The number of rotatable bonds is 5. The molecule has 4 heteroatoms. The molecule has 0 aromatic heterocycles. The quantitative estimate of drug-likeness (QED) is 0.903. The van der Waals surface area contributed by atoms with Crippen molar-refractivity contribution in [3.05, 3.63) is 28.8 Å². The highest BCUT2D eigenvalue weighted by atomic mass is 35.5. The van der Waals surface area contributed by atoms with E-state index in [1.807, 2.05) is 18.2 Å². The van der Waals surface area contributed by atoms with Crippen LogP contribution in [0.1, 0.15) is 32.3 Å². The maximum atomic E-state index is 6.18. The first-order chi connectivity index (χ1) is 9.02. The Labute approximate surface area is 120 Å². The molecule has 2 N–H and O–H groups in total. The molecule has 106 valence electrons. The molecule has 0 amide bonds. The summed E-state index contributed by atoms with van der Waals surface area (Å²) in [5, 5.41) is 0.718. The zero-order chi connectivity index (χ0) is 13.9. The normalized spacial score (nSPS) is 21.6. The van der Waals surface area contributed by atoms with E-state index in [4.69, 9.17) is 26.8 Å².